The summed E-state index contributed by atoms with van der Waals surface area (Å²) in [5, 5.41) is 5.95. The Kier molecular flexibility index (Phi) is 11.9. The van der Waals surface area contributed by atoms with Gasteiger partial charge < -0.3 is 20.3 Å². The molecule has 1 fully saturated rings. The zero-order chi connectivity index (χ0) is 27.6. The molecule has 2 rings (SSSR count). The Labute approximate surface area is 224 Å². The monoisotopic (exact) mass is 515 g/mol. The van der Waals surface area contributed by atoms with Crippen LogP contribution in [0.5, 0.6) is 0 Å². The lowest BCUT2D eigenvalue weighted by atomic mass is 9.93. The fourth-order valence-electron chi connectivity index (χ4n) is 4.90. The number of carbonyl (C=O) groups is 3. The van der Waals surface area contributed by atoms with Gasteiger partial charge in [-0.05, 0) is 71.9 Å². The van der Waals surface area contributed by atoms with Crippen molar-refractivity contribution in [3.05, 3.63) is 34.9 Å². The molecule has 7 heteroatoms. The molecule has 0 aliphatic heterocycles. The summed E-state index contributed by atoms with van der Waals surface area (Å²) < 4.78 is 5.38. The van der Waals surface area contributed by atoms with E-state index >= 15 is 0 Å². The number of amides is 3. The maximum atomic E-state index is 13.9. The fourth-order valence-corrected chi connectivity index (χ4v) is 4.90. The molecule has 0 saturated heterocycles. The van der Waals surface area contributed by atoms with Gasteiger partial charge >= 0.3 is 6.09 Å². The number of nitrogens with one attached hydrogen (secondary N) is 2. The number of unbranched alkanes of at least 4 members (excludes halogenated alkanes) is 3. The number of benzene rings is 1. The van der Waals surface area contributed by atoms with Crippen LogP contribution in [0, 0.1) is 13.8 Å². The minimum absolute atomic E-state index is 0.128. The maximum absolute atomic E-state index is 13.9. The first-order chi connectivity index (χ1) is 17.4. The minimum Gasteiger partial charge on any atom is -0.444 e. The van der Waals surface area contributed by atoms with Gasteiger partial charge in [0.1, 0.15) is 17.7 Å². The van der Waals surface area contributed by atoms with E-state index in [0.717, 1.165) is 68.1 Å². The van der Waals surface area contributed by atoms with Crippen molar-refractivity contribution in [2.24, 2.45) is 0 Å². The number of hydrogen-bond acceptors (Lipinski definition) is 4. The highest BCUT2D eigenvalue weighted by molar-refractivity contribution is 5.92. The highest BCUT2D eigenvalue weighted by Crippen LogP contribution is 2.28. The smallest absolute Gasteiger partial charge is 0.408 e. The Morgan fingerprint density at radius 1 is 1.05 bits per heavy atom. The molecular formula is C30H49N3O4. The van der Waals surface area contributed by atoms with Crippen molar-refractivity contribution in [2.75, 3.05) is 6.54 Å². The third kappa shape index (κ3) is 10.0. The van der Waals surface area contributed by atoms with Gasteiger partial charge in [0.25, 0.3) is 0 Å². The molecule has 1 saturated carbocycles. The number of carbonyl (C=O) groups excluding carboxylic acids is 3. The lowest BCUT2D eigenvalue weighted by Gasteiger charge is -2.36. The molecule has 0 bridgehead atoms. The van der Waals surface area contributed by atoms with Gasteiger partial charge in [-0.1, -0.05) is 69.2 Å². The van der Waals surface area contributed by atoms with Crippen molar-refractivity contribution in [3.63, 3.8) is 0 Å². The van der Waals surface area contributed by atoms with Gasteiger partial charge in [0.2, 0.25) is 11.8 Å². The summed E-state index contributed by atoms with van der Waals surface area (Å²) in [6.07, 6.45) is 8.60. The van der Waals surface area contributed by atoms with Gasteiger partial charge in [0, 0.05) is 12.6 Å². The topological polar surface area (TPSA) is 87.7 Å². The zero-order valence-corrected chi connectivity index (χ0v) is 24.1. The highest BCUT2D eigenvalue weighted by atomic mass is 16.6. The van der Waals surface area contributed by atoms with Crippen LogP contribution in [0.25, 0.3) is 0 Å². The zero-order valence-electron chi connectivity index (χ0n) is 24.1. The third-order valence-electron chi connectivity index (χ3n) is 6.88. The van der Waals surface area contributed by atoms with Gasteiger partial charge in [-0.25, -0.2) is 4.79 Å². The highest BCUT2D eigenvalue weighted by Gasteiger charge is 2.36. The molecule has 0 radical (unpaired) electrons. The van der Waals surface area contributed by atoms with Gasteiger partial charge in [0.15, 0.2) is 0 Å². The van der Waals surface area contributed by atoms with Crippen LogP contribution in [0.4, 0.5) is 4.79 Å². The molecular weight excluding hydrogens is 466 g/mol. The Balaban J connectivity index is 2.40. The van der Waals surface area contributed by atoms with Gasteiger partial charge in [0.05, 0.1) is 0 Å². The summed E-state index contributed by atoms with van der Waals surface area (Å²) in [4.78, 5) is 41.9. The molecule has 2 atom stereocenters. The van der Waals surface area contributed by atoms with E-state index in [1.165, 1.54) is 6.42 Å². The quantitative estimate of drug-likeness (QED) is 0.348. The van der Waals surface area contributed by atoms with E-state index in [9.17, 15) is 14.4 Å². The second-order valence-corrected chi connectivity index (χ2v) is 11.6. The largest absolute Gasteiger partial charge is 0.444 e. The summed E-state index contributed by atoms with van der Waals surface area (Å²) >= 11 is 0. The van der Waals surface area contributed by atoms with E-state index < -0.39 is 23.8 Å². The first-order valence-electron chi connectivity index (χ1n) is 14.1. The van der Waals surface area contributed by atoms with Crippen LogP contribution < -0.4 is 10.6 Å². The van der Waals surface area contributed by atoms with E-state index in [1.54, 1.807) is 32.6 Å². The fraction of sp³-hybridized carbons (Fsp3) is 0.700. The Morgan fingerprint density at radius 2 is 1.73 bits per heavy atom. The second kappa shape index (κ2) is 14.4. The molecule has 2 unspecified atom stereocenters. The summed E-state index contributed by atoms with van der Waals surface area (Å²) in [6, 6.07) is 4.57. The van der Waals surface area contributed by atoms with E-state index in [2.05, 4.69) is 17.6 Å². The van der Waals surface area contributed by atoms with Crippen LogP contribution in [0.3, 0.4) is 0 Å². The standard InChI is InChI=1S/C30H49N3O4/c1-8-9-10-14-19-33(28(35)23(4)31-29(36)37-30(5,6)7)26(25-20-21(2)17-18-22(25)3)27(34)32-24-15-12-11-13-16-24/h17-18,20,23-24,26H,8-16,19H2,1-7H3,(H,31,36)(H,32,34). The van der Waals surface area contributed by atoms with Crippen molar-refractivity contribution in [1.29, 1.82) is 0 Å². The first-order valence-corrected chi connectivity index (χ1v) is 14.1. The Morgan fingerprint density at radius 3 is 2.35 bits per heavy atom. The number of aryl methyl sites for hydroxylation is 2. The van der Waals surface area contributed by atoms with Gasteiger partial charge in [-0.2, -0.15) is 0 Å². The number of nitrogens with zero attached hydrogens (tertiary/aromatic N) is 1. The average Bonchev–Trinajstić information content (AvgIpc) is 2.81. The third-order valence-corrected chi connectivity index (χ3v) is 6.88. The van der Waals surface area contributed by atoms with Crippen LogP contribution in [0.1, 0.15) is 115 Å². The number of alkyl carbamates (subject to hydrolysis) is 1. The number of rotatable bonds is 11. The first kappa shape index (κ1) is 30.7. The molecule has 1 aliphatic carbocycles. The lowest BCUT2D eigenvalue weighted by molar-refractivity contribution is -0.142. The second-order valence-electron chi connectivity index (χ2n) is 11.6. The van der Waals surface area contributed by atoms with Crippen LogP contribution in [0.15, 0.2) is 18.2 Å². The molecule has 37 heavy (non-hydrogen) atoms. The van der Waals surface area contributed by atoms with Crippen LogP contribution in [-0.4, -0.2) is 47.0 Å². The van der Waals surface area contributed by atoms with Crippen molar-refractivity contribution >= 4 is 17.9 Å². The molecule has 1 aliphatic rings. The van der Waals surface area contributed by atoms with Crippen LogP contribution >= 0.6 is 0 Å². The number of hydrogen-bond donors (Lipinski definition) is 2. The molecule has 0 heterocycles. The van der Waals surface area contributed by atoms with E-state index in [0.29, 0.717) is 6.54 Å². The molecule has 1 aromatic rings. The SMILES string of the molecule is CCCCCCN(C(=O)C(C)NC(=O)OC(C)(C)C)C(C(=O)NC1CCCCC1)c1cc(C)ccc1C. The number of ether oxygens (including phenoxy) is 1. The maximum Gasteiger partial charge on any atom is 0.408 e. The Bertz CT molecular complexity index is 903. The molecule has 7 nitrogen and oxygen atoms in total. The van der Waals surface area contributed by atoms with Crippen molar-refractivity contribution in [2.45, 2.75) is 130 Å². The Hall–Kier alpha value is -2.57. The molecule has 2 N–H and O–H groups in total. The van der Waals surface area contributed by atoms with Crippen molar-refractivity contribution in [1.82, 2.24) is 15.5 Å². The average molecular weight is 516 g/mol. The van der Waals surface area contributed by atoms with Crippen LogP contribution in [-0.2, 0) is 14.3 Å². The molecule has 0 aromatic heterocycles. The van der Waals surface area contributed by atoms with Gasteiger partial charge in [-0.3, -0.25) is 9.59 Å². The summed E-state index contributed by atoms with van der Waals surface area (Å²) in [6.45, 7) is 13.6. The summed E-state index contributed by atoms with van der Waals surface area (Å²) in [7, 11) is 0. The van der Waals surface area contributed by atoms with Gasteiger partial charge in [-0.15, -0.1) is 0 Å². The molecule has 1 aromatic carbocycles. The molecule has 3 amide bonds. The summed E-state index contributed by atoms with van der Waals surface area (Å²) in [5.41, 5.74) is 2.16. The normalized spacial score (nSPS) is 16.0. The predicted octanol–water partition coefficient (Wildman–Crippen LogP) is 6.12. The van der Waals surface area contributed by atoms with Crippen molar-refractivity contribution < 1.29 is 19.1 Å². The predicted molar refractivity (Wildman–Crippen MR) is 148 cm³/mol. The van der Waals surface area contributed by atoms with E-state index in [-0.39, 0.29) is 17.9 Å². The van der Waals surface area contributed by atoms with E-state index in [4.69, 9.17) is 4.74 Å². The van der Waals surface area contributed by atoms with Crippen molar-refractivity contribution in [3.8, 4) is 0 Å². The van der Waals surface area contributed by atoms with Crippen LogP contribution in [0.2, 0.25) is 0 Å². The molecule has 0 spiro atoms. The minimum atomic E-state index is -0.837. The lowest BCUT2D eigenvalue weighted by Crippen LogP contribution is -2.53. The molecule has 208 valence electrons. The summed E-state index contributed by atoms with van der Waals surface area (Å²) in [5.74, 6) is -0.430. The van der Waals surface area contributed by atoms with E-state index in [1.807, 2.05) is 32.0 Å².